The second-order valence-corrected chi connectivity index (χ2v) is 4.04. The molecule has 1 unspecified atom stereocenters. The van der Waals surface area contributed by atoms with E-state index in [0.717, 1.165) is 6.42 Å². The number of rotatable bonds is 5. The van der Waals surface area contributed by atoms with Crippen molar-refractivity contribution in [3.05, 3.63) is 35.9 Å². The van der Waals surface area contributed by atoms with Crippen molar-refractivity contribution >= 4 is 5.97 Å². The summed E-state index contributed by atoms with van der Waals surface area (Å²) in [6.45, 7) is 5.44. The van der Waals surface area contributed by atoms with E-state index in [1.807, 2.05) is 32.0 Å². The quantitative estimate of drug-likeness (QED) is 0.833. The Morgan fingerprint density at radius 3 is 2.44 bits per heavy atom. The van der Waals surface area contributed by atoms with E-state index in [9.17, 15) is 9.90 Å². The van der Waals surface area contributed by atoms with Gasteiger partial charge < -0.3 is 9.84 Å². The molecule has 2 atom stereocenters. The van der Waals surface area contributed by atoms with Gasteiger partial charge in [0.25, 0.3) is 0 Å². The van der Waals surface area contributed by atoms with Crippen molar-refractivity contribution in [2.24, 2.45) is 0 Å². The first kappa shape index (κ1) is 12.7. The number of hydrogen-bond acceptors (Lipinski definition) is 2. The van der Waals surface area contributed by atoms with Crippen LogP contribution in [-0.2, 0) is 15.1 Å². The molecule has 88 valence electrons. The van der Waals surface area contributed by atoms with Gasteiger partial charge in [-0.1, -0.05) is 37.3 Å². The van der Waals surface area contributed by atoms with Gasteiger partial charge in [-0.25, -0.2) is 4.79 Å². The van der Waals surface area contributed by atoms with E-state index >= 15 is 0 Å². The van der Waals surface area contributed by atoms with Crippen molar-refractivity contribution < 1.29 is 14.6 Å². The standard InChI is InChI=1S/C13H18O3/c1-4-10(2)16-13(3,12(14)15)11-8-6-5-7-9-11/h5-10H,4H2,1-3H3,(H,14,15)/t10-,13?/m1/s1. The number of aliphatic carboxylic acids is 1. The maximum Gasteiger partial charge on any atom is 0.340 e. The third-order valence-corrected chi connectivity index (χ3v) is 2.74. The van der Waals surface area contributed by atoms with Crippen LogP contribution in [-0.4, -0.2) is 17.2 Å². The van der Waals surface area contributed by atoms with Crippen LogP contribution in [0.2, 0.25) is 0 Å². The van der Waals surface area contributed by atoms with Gasteiger partial charge in [-0.05, 0) is 25.8 Å². The summed E-state index contributed by atoms with van der Waals surface area (Å²) < 4.78 is 5.64. The average Bonchev–Trinajstić information content (AvgIpc) is 2.29. The number of carboxylic acids is 1. The van der Waals surface area contributed by atoms with E-state index in [-0.39, 0.29) is 6.10 Å². The minimum atomic E-state index is -1.27. The van der Waals surface area contributed by atoms with Crippen LogP contribution in [0.5, 0.6) is 0 Å². The summed E-state index contributed by atoms with van der Waals surface area (Å²) in [7, 11) is 0. The first-order valence-corrected chi connectivity index (χ1v) is 5.47. The van der Waals surface area contributed by atoms with Crippen LogP contribution in [0.1, 0.15) is 32.8 Å². The van der Waals surface area contributed by atoms with Gasteiger partial charge in [-0.15, -0.1) is 0 Å². The molecule has 0 aliphatic carbocycles. The van der Waals surface area contributed by atoms with Crippen LogP contribution in [0.15, 0.2) is 30.3 Å². The minimum Gasteiger partial charge on any atom is -0.479 e. The topological polar surface area (TPSA) is 46.5 Å². The molecule has 1 rings (SSSR count). The number of carboxylic acid groups (broad SMARTS) is 1. The number of carbonyl (C=O) groups is 1. The molecule has 0 aliphatic heterocycles. The van der Waals surface area contributed by atoms with Crippen molar-refractivity contribution in [1.82, 2.24) is 0 Å². The molecule has 0 saturated carbocycles. The summed E-state index contributed by atoms with van der Waals surface area (Å²) in [5, 5.41) is 9.31. The van der Waals surface area contributed by atoms with Crippen LogP contribution < -0.4 is 0 Å². The van der Waals surface area contributed by atoms with E-state index in [1.165, 1.54) is 0 Å². The van der Waals surface area contributed by atoms with E-state index in [0.29, 0.717) is 5.56 Å². The predicted octanol–water partition coefficient (Wildman–Crippen LogP) is 2.80. The number of hydrogen-bond donors (Lipinski definition) is 1. The van der Waals surface area contributed by atoms with Crippen molar-refractivity contribution in [2.75, 3.05) is 0 Å². The summed E-state index contributed by atoms with van der Waals surface area (Å²) in [5.41, 5.74) is -0.598. The molecule has 16 heavy (non-hydrogen) atoms. The van der Waals surface area contributed by atoms with Gasteiger partial charge in [0.1, 0.15) is 0 Å². The van der Waals surface area contributed by atoms with E-state index in [1.54, 1.807) is 19.1 Å². The Kier molecular flexibility index (Phi) is 4.07. The van der Waals surface area contributed by atoms with Gasteiger partial charge in [-0.2, -0.15) is 0 Å². The van der Waals surface area contributed by atoms with Gasteiger partial charge in [0.15, 0.2) is 5.60 Å². The Morgan fingerprint density at radius 1 is 1.44 bits per heavy atom. The maximum absolute atomic E-state index is 11.3. The van der Waals surface area contributed by atoms with Gasteiger partial charge in [0, 0.05) is 0 Å². The van der Waals surface area contributed by atoms with Crippen molar-refractivity contribution in [1.29, 1.82) is 0 Å². The van der Waals surface area contributed by atoms with Crippen molar-refractivity contribution in [3.8, 4) is 0 Å². The molecular weight excluding hydrogens is 204 g/mol. The summed E-state index contributed by atoms with van der Waals surface area (Å²) in [5.74, 6) is -0.959. The zero-order chi connectivity index (χ0) is 12.2. The van der Waals surface area contributed by atoms with Crippen LogP contribution in [0.4, 0.5) is 0 Å². The average molecular weight is 222 g/mol. The highest BCUT2D eigenvalue weighted by molar-refractivity contribution is 5.78. The highest BCUT2D eigenvalue weighted by atomic mass is 16.5. The largest absolute Gasteiger partial charge is 0.479 e. The maximum atomic E-state index is 11.3. The molecule has 0 spiro atoms. The van der Waals surface area contributed by atoms with Gasteiger partial charge in [0.2, 0.25) is 0 Å². The summed E-state index contributed by atoms with van der Waals surface area (Å²) in [6.07, 6.45) is 0.705. The molecular formula is C13H18O3. The summed E-state index contributed by atoms with van der Waals surface area (Å²) >= 11 is 0. The molecule has 0 aliphatic rings. The molecule has 0 aromatic heterocycles. The fourth-order valence-corrected chi connectivity index (χ4v) is 1.48. The zero-order valence-corrected chi connectivity index (χ0v) is 9.93. The molecule has 0 bridgehead atoms. The molecule has 3 heteroatoms. The summed E-state index contributed by atoms with van der Waals surface area (Å²) in [6, 6.07) is 9.04. The molecule has 3 nitrogen and oxygen atoms in total. The first-order valence-electron chi connectivity index (χ1n) is 5.47. The molecule has 1 aromatic rings. The third kappa shape index (κ3) is 2.61. The fraction of sp³-hybridized carbons (Fsp3) is 0.462. The van der Waals surface area contributed by atoms with Crippen LogP contribution >= 0.6 is 0 Å². The second kappa shape index (κ2) is 5.12. The normalized spacial score (nSPS) is 16.4. The lowest BCUT2D eigenvalue weighted by Gasteiger charge is -2.29. The molecule has 0 fully saturated rings. The van der Waals surface area contributed by atoms with Gasteiger partial charge >= 0.3 is 5.97 Å². The number of benzene rings is 1. The Morgan fingerprint density at radius 2 is 2.00 bits per heavy atom. The number of ether oxygens (including phenoxy) is 1. The Hall–Kier alpha value is -1.35. The van der Waals surface area contributed by atoms with Crippen LogP contribution in [0.25, 0.3) is 0 Å². The highest BCUT2D eigenvalue weighted by Gasteiger charge is 2.37. The predicted molar refractivity (Wildman–Crippen MR) is 62.3 cm³/mol. The molecule has 1 aromatic carbocycles. The van der Waals surface area contributed by atoms with E-state index < -0.39 is 11.6 Å². The van der Waals surface area contributed by atoms with E-state index in [2.05, 4.69) is 0 Å². The highest BCUT2D eigenvalue weighted by Crippen LogP contribution is 2.27. The summed E-state index contributed by atoms with van der Waals surface area (Å²) in [4.78, 5) is 11.3. The molecule has 0 amide bonds. The lowest BCUT2D eigenvalue weighted by atomic mass is 9.95. The van der Waals surface area contributed by atoms with Crippen LogP contribution in [0, 0.1) is 0 Å². The third-order valence-electron chi connectivity index (χ3n) is 2.74. The lowest BCUT2D eigenvalue weighted by Crippen LogP contribution is -2.38. The smallest absolute Gasteiger partial charge is 0.340 e. The Balaban J connectivity index is 3.02. The molecule has 0 radical (unpaired) electrons. The molecule has 0 heterocycles. The minimum absolute atomic E-state index is 0.0821. The Labute approximate surface area is 96.1 Å². The second-order valence-electron chi connectivity index (χ2n) is 4.04. The lowest BCUT2D eigenvalue weighted by molar-refractivity contribution is -0.172. The van der Waals surface area contributed by atoms with E-state index in [4.69, 9.17) is 4.74 Å². The van der Waals surface area contributed by atoms with Crippen LogP contribution in [0.3, 0.4) is 0 Å². The first-order chi connectivity index (χ1) is 7.50. The Bertz CT molecular complexity index is 347. The van der Waals surface area contributed by atoms with Gasteiger partial charge in [-0.3, -0.25) is 0 Å². The van der Waals surface area contributed by atoms with Crippen molar-refractivity contribution in [3.63, 3.8) is 0 Å². The zero-order valence-electron chi connectivity index (χ0n) is 9.93. The van der Waals surface area contributed by atoms with Crippen molar-refractivity contribution in [2.45, 2.75) is 38.9 Å². The monoisotopic (exact) mass is 222 g/mol. The molecule has 1 N–H and O–H groups in total. The molecule has 0 saturated heterocycles. The van der Waals surface area contributed by atoms with Gasteiger partial charge in [0.05, 0.1) is 6.10 Å². The fourth-order valence-electron chi connectivity index (χ4n) is 1.48. The SMILES string of the molecule is CC[C@@H](C)OC(C)(C(=O)O)c1ccccc1.